The Morgan fingerprint density at radius 3 is 2.82 bits per heavy atom. The highest BCUT2D eigenvalue weighted by atomic mass is 35.5. The first-order valence-electron chi connectivity index (χ1n) is 5.71. The highest BCUT2D eigenvalue weighted by Crippen LogP contribution is 2.37. The number of ether oxygens (including phenoxy) is 1. The summed E-state index contributed by atoms with van der Waals surface area (Å²) in [7, 11) is 0. The first-order valence-corrected chi connectivity index (χ1v) is 6.09. The van der Waals surface area contributed by atoms with E-state index >= 15 is 0 Å². The number of amides is 1. The Kier molecular flexibility index (Phi) is 2.49. The average Bonchev–Trinajstić information content (AvgIpc) is 2.32. The maximum absolute atomic E-state index is 12.0. The molecule has 0 radical (unpaired) electrons. The van der Waals surface area contributed by atoms with Gasteiger partial charge in [-0.2, -0.15) is 0 Å². The number of para-hydroxylation sites is 1. The number of hydrogen-bond donors (Lipinski definition) is 2. The van der Waals surface area contributed by atoms with Gasteiger partial charge in [0.2, 0.25) is 0 Å². The molecule has 2 aliphatic heterocycles. The molecule has 17 heavy (non-hydrogen) atoms. The molecule has 3 rings (SSSR count). The highest BCUT2D eigenvalue weighted by molar-refractivity contribution is 6.32. The van der Waals surface area contributed by atoms with Gasteiger partial charge >= 0.3 is 0 Å². The minimum absolute atomic E-state index is 0.101. The Morgan fingerprint density at radius 1 is 1.29 bits per heavy atom. The van der Waals surface area contributed by atoms with Gasteiger partial charge in [-0.1, -0.05) is 17.7 Å². The second-order valence-corrected chi connectivity index (χ2v) is 4.82. The lowest BCUT2D eigenvalue weighted by atomic mass is 9.98. The summed E-state index contributed by atoms with van der Waals surface area (Å²) < 4.78 is 5.96. The lowest BCUT2D eigenvalue weighted by Gasteiger charge is -2.41. The molecule has 1 spiro atoms. The molecule has 5 heteroatoms. The molecule has 0 unspecified atom stereocenters. The lowest BCUT2D eigenvalue weighted by molar-refractivity contribution is -0.00344. The molecule has 0 bridgehead atoms. The Morgan fingerprint density at radius 2 is 2.06 bits per heavy atom. The van der Waals surface area contributed by atoms with Crippen LogP contribution in [0.2, 0.25) is 5.02 Å². The van der Waals surface area contributed by atoms with Crippen LogP contribution in [0, 0.1) is 0 Å². The minimum atomic E-state index is -0.583. The van der Waals surface area contributed by atoms with Crippen molar-refractivity contribution in [2.75, 3.05) is 13.1 Å². The fraction of sp³-hybridized carbons (Fsp3) is 0.417. The molecule has 0 atom stereocenters. The molecular weight excluding hydrogens is 240 g/mol. The summed E-state index contributed by atoms with van der Waals surface area (Å²) in [6, 6.07) is 5.22. The van der Waals surface area contributed by atoms with Gasteiger partial charge in [0.05, 0.1) is 10.6 Å². The molecule has 1 fully saturated rings. The summed E-state index contributed by atoms with van der Waals surface area (Å²) >= 11 is 6.09. The molecule has 4 nitrogen and oxygen atoms in total. The molecule has 2 aliphatic rings. The first-order chi connectivity index (χ1) is 8.20. The Labute approximate surface area is 104 Å². The number of benzene rings is 1. The largest absolute Gasteiger partial charge is 0.466 e. The van der Waals surface area contributed by atoms with Crippen molar-refractivity contribution in [2.45, 2.75) is 18.6 Å². The van der Waals surface area contributed by atoms with Gasteiger partial charge in [-0.05, 0) is 12.1 Å². The number of piperidine rings is 1. The second kappa shape index (κ2) is 3.89. The van der Waals surface area contributed by atoms with E-state index in [4.69, 9.17) is 16.3 Å². The second-order valence-electron chi connectivity index (χ2n) is 4.42. The zero-order valence-electron chi connectivity index (χ0n) is 9.25. The molecule has 1 aromatic carbocycles. The van der Waals surface area contributed by atoms with E-state index in [1.54, 1.807) is 18.2 Å². The van der Waals surface area contributed by atoms with Crippen LogP contribution in [0.25, 0.3) is 0 Å². The van der Waals surface area contributed by atoms with Crippen LogP contribution in [0.4, 0.5) is 0 Å². The summed E-state index contributed by atoms with van der Waals surface area (Å²) in [4.78, 5) is 12.0. The average molecular weight is 253 g/mol. The van der Waals surface area contributed by atoms with Crippen molar-refractivity contribution < 1.29 is 9.53 Å². The fourth-order valence-corrected chi connectivity index (χ4v) is 2.56. The van der Waals surface area contributed by atoms with E-state index in [9.17, 15) is 4.79 Å². The van der Waals surface area contributed by atoms with E-state index in [0.29, 0.717) is 16.3 Å². The summed E-state index contributed by atoms with van der Waals surface area (Å²) in [5, 5.41) is 6.70. The van der Waals surface area contributed by atoms with Crippen LogP contribution < -0.4 is 15.4 Å². The number of carbonyl (C=O) groups is 1. The third-order valence-corrected chi connectivity index (χ3v) is 3.56. The van der Waals surface area contributed by atoms with Crippen LogP contribution >= 0.6 is 11.6 Å². The molecule has 1 amide bonds. The molecule has 0 aliphatic carbocycles. The van der Waals surface area contributed by atoms with Crippen molar-refractivity contribution in [3.05, 3.63) is 28.8 Å². The summed E-state index contributed by atoms with van der Waals surface area (Å²) in [5.74, 6) is 0.412. The van der Waals surface area contributed by atoms with Crippen molar-refractivity contribution >= 4 is 17.5 Å². The maximum Gasteiger partial charge on any atom is 0.258 e. The van der Waals surface area contributed by atoms with Gasteiger partial charge in [0.15, 0.2) is 11.5 Å². The number of rotatable bonds is 0. The summed E-state index contributed by atoms with van der Waals surface area (Å²) in [6.07, 6.45) is 1.51. The SMILES string of the molecule is O=C1NC2(CCNCC2)Oc2c(Cl)cccc21. The third kappa shape index (κ3) is 1.77. The molecular formula is C12H13ClN2O2. The summed E-state index contributed by atoms with van der Waals surface area (Å²) in [5.41, 5.74) is -0.0676. The van der Waals surface area contributed by atoms with Crippen LogP contribution in [-0.2, 0) is 0 Å². The first kappa shape index (κ1) is 10.9. The topological polar surface area (TPSA) is 50.4 Å². The number of carbonyl (C=O) groups excluding carboxylic acids is 1. The van der Waals surface area contributed by atoms with Crippen molar-refractivity contribution in [1.29, 1.82) is 0 Å². The number of halogens is 1. The van der Waals surface area contributed by atoms with Crippen LogP contribution in [0.15, 0.2) is 18.2 Å². The van der Waals surface area contributed by atoms with Gasteiger partial charge in [-0.15, -0.1) is 0 Å². The summed E-state index contributed by atoms with van der Waals surface area (Å²) in [6.45, 7) is 1.67. The number of fused-ring (bicyclic) bond motifs is 1. The van der Waals surface area contributed by atoms with E-state index < -0.39 is 5.72 Å². The van der Waals surface area contributed by atoms with Gasteiger partial charge in [0.25, 0.3) is 5.91 Å². The van der Waals surface area contributed by atoms with E-state index in [-0.39, 0.29) is 5.91 Å². The zero-order chi connectivity index (χ0) is 11.9. The van der Waals surface area contributed by atoms with Crippen LogP contribution in [0.1, 0.15) is 23.2 Å². The number of hydrogen-bond acceptors (Lipinski definition) is 3. The molecule has 2 heterocycles. The predicted octanol–water partition coefficient (Wildman–Crippen LogP) is 1.54. The van der Waals surface area contributed by atoms with Gasteiger partial charge in [-0.25, -0.2) is 0 Å². The van der Waals surface area contributed by atoms with Crippen molar-refractivity contribution in [3.8, 4) is 5.75 Å². The van der Waals surface area contributed by atoms with Crippen molar-refractivity contribution in [1.82, 2.24) is 10.6 Å². The van der Waals surface area contributed by atoms with Gasteiger partial charge < -0.3 is 15.4 Å². The van der Waals surface area contributed by atoms with Gasteiger partial charge in [0, 0.05) is 25.9 Å². The molecule has 1 saturated heterocycles. The number of nitrogens with one attached hydrogen (secondary N) is 2. The third-order valence-electron chi connectivity index (χ3n) is 3.26. The van der Waals surface area contributed by atoms with E-state index in [1.165, 1.54) is 0 Å². The standard InChI is InChI=1S/C12H13ClN2O2/c13-9-3-1-2-8-10(9)17-12(15-11(8)16)4-6-14-7-5-12/h1-3,14H,4-7H2,(H,15,16). The van der Waals surface area contributed by atoms with E-state index in [0.717, 1.165) is 25.9 Å². The fourth-order valence-electron chi connectivity index (χ4n) is 2.34. The highest BCUT2D eigenvalue weighted by Gasteiger charge is 2.41. The molecule has 0 saturated carbocycles. The van der Waals surface area contributed by atoms with Gasteiger partial charge in [0.1, 0.15) is 0 Å². The monoisotopic (exact) mass is 252 g/mol. The Hall–Kier alpha value is -1.26. The quantitative estimate of drug-likeness (QED) is 0.737. The molecule has 1 aromatic rings. The lowest BCUT2D eigenvalue weighted by Crippen LogP contribution is -2.60. The molecule has 0 aromatic heterocycles. The van der Waals surface area contributed by atoms with Crippen LogP contribution in [0.5, 0.6) is 5.75 Å². The predicted molar refractivity (Wildman–Crippen MR) is 64.4 cm³/mol. The smallest absolute Gasteiger partial charge is 0.258 e. The Balaban J connectivity index is 2.02. The van der Waals surface area contributed by atoms with Crippen LogP contribution in [-0.4, -0.2) is 24.7 Å². The van der Waals surface area contributed by atoms with E-state index in [2.05, 4.69) is 10.6 Å². The van der Waals surface area contributed by atoms with E-state index in [1.807, 2.05) is 0 Å². The van der Waals surface area contributed by atoms with Crippen LogP contribution in [0.3, 0.4) is 0 Å². The normalized spacial score (nSPS) is 21.6. The van der Waals surface area contributed by atoms with Crippen molar-refractivity contribution in [2.24, 2.45) is 0 Å². The zero-order valence-corrected chi connectivity index (χ0v) is 10.0. The van der Waals surface area contributed by atoms with Gasteiger partial charge in [-0.3, -0.25) is 4.79 Å². The van der Waals surface area contributed by atoms with Crippen molar-refractivity contribution in [3.63, 3.8) is 0 Å². The minimum Gasteiger partial charge on any atom is -0.466 e. The Bertz CT molecular complexity index is 470. The molecule has 2 N–H and O–H groups in total. The molecule has 90 valence electrons. The maximum atomic E-state index is 12.0.